The molecule has 0 aliphatic heterocycles. The minimum atomic E-state index is 0.181. The quantitative estimate of drug-likeness (QED) is 0.563. The zero-order valence-corrected chi connectivity index (χ0v) is 9.62. The van der Waals surface area contributed by atoms with Crippen LogP contribution in [0.5, 0.6) is 0 Å². The molecule has 0 saturated heterocycles. The third-order valence-electron chi connectivity index (χ3n) is 1.76. The smallest absolute Gasteiger partial charge is 0.217 e. The Kier molecular flexibility index (Phi) is 2.72. The molecular formula is C9H6Cl2N2S. The molecule has 0 aliphatic carbocycles. The van der Waals surface area contributed by atoms with Crippen molar-refractivity contribution in [3.63, 3.8) is 0 Å². The summed E-state index contributed by atoms with van der Waals surface area (Å²) in [5, 5.41) is 2.56. The molecule has 0 N–H and O–H groups in total. The van der Waals surface area contributed by atoms with Gasteiger partial charge in [-0.2, -0.15) is 0 Å². The lowest BCUT2D eigenvalue weighted by Crippen LogP contribution is -1.87. The van der Waals surface area contributed by atoms with E-state index in [1.54, 1.807) is 17.4 Å². The number of rotatable bonds is 1. The minimum absolute atomic E-state index is 0.181. The first kappa shape index (κ1) is 9.90. The molecule has 0 aliphatic rings. The number of halogens is 2. The van der Waals surface area contributed by atoms with Gasteiger partial charge in [0.25, 0.3) is 0 Å². The number of hydrogen-bond donors (Lipinski definition) is 0. The average Bonchev–Trinajstić information content (AvgIpc) is 2.49. The maximum absolute atomic E-state index is 5.79. The van der Waals surface area contributed by atoms with Crippen LogP contribution in [0.1, 0.15) is 5.56 Å². The summed E-state index contributed by atoms with van der Waals surface area (Å²) in [5.41, 5.74) is 1.95. The fourth-order valence-electron chi connectivity index (χ4n) is 1.14. The zero-order valence-electron chi connectivity index (χ0n) is 7.29. The fraction of sp³-hybridized carbons (Fsp3) is 0.111. The van der Waals surface area contributed by atoms with E-state index in [4.69, 9.17) is 23.2 Å². The Bertz CT molecular complexity index is 447. The molecule has 0 bridgehead atoms. The molecule has 0 atom stereocenters. The molecule has 2 aromatic rings. The van der Waals surface area contributed by atoms with Crippen molar-refractivity contribution in [1.82, 2.24) is 9.97 Å². The minimum Gasteiger partial charge on any atom is -0.217 e. The van der Waals surface area contributed by atoms with Crippen molar-refractivity contribution >= 4 is 34.5 Å². The Morgan fingerprint density at radius 3 is 2.64 bits per heavy atom. The van der Waals surface area contributed by atoms with Crippen LogP contribution in [0.4, 0.5) is 0 Å². The number of thiophene rings is 1. The molecule has 5 heteroatoms. The SMILES string of the molecule is Cc1ccsc1-c1cc(Cl)nc(Cl)n1. The van der Waals surface area contributed by atoms with Crippen LogP contribution in [-0.4, -0.2) is 9.97 Å². The molecule has 0 amide bonds. The van der Waals surface area contributed by atoms with Gasteiger partial charge in [0, 0.05) is 6.07 Å². The third-order valence-corrected chi connectivity index (χ3v) is 3.16. The molecular weight excluding hydrogens is 239 g/mol. The molecule has 0 radical (unpaired) electrons. The van der Waals surface area contributed by atoms with Crippen LogP contribution in [0.3, 0.4) is 0 Å². The average molecular weight is 245 g/mol. The van der Waals surface area contributed by atoms with Gasteiger partial charge in [0.1, 0.15) is 5.15 Å². The van der Waals surface area contributed by atoms with Gasteiger partial charge in [-0.3, -0.25) is 0 Å². The van der Waals surface area contributed by atoms with E-state index in [0.717, 1.165) is 10.6 Å². The predicted molar refractivity (Wildman–Crippen MR) is 60.1 cm³/mol. The van der Waals surface area contributed by atoms with Gasteiger partial charge in [-0.1, -0.05) is 11.6 Å². The van der Waals surface area contributed by atoms with Crippen molar-refractivity contribution in [3.05, 3.63) is 33.5 Å². The van der Waals surface area contributed by atoms with Crippen LogP contribution < -0.4 is 0 Å². The Labute approximate surface area is 95.5 Å². The summed E-state index contributed by atoms with van der Waals surface area (Å²) >= 11 is 13.1. The van der Waals surface area contributed by atoms with Crippen LogP contribution in [0.25, 0.3) is 10.6 Å². The highest BCUT2D eigenvalue weighted by Crippen LogP contribution is 2.29. The highest BCUT2D eigenvalue weighted by molar-refractivity contribution is 7.13. The van der Waals surface area contributed by atoms with E-state index in [1.807, 2.05) is 18.4 Å². The van der Waals surface area contributed by atoms with Gasteiger partial charge in [-0.25, -0.2) is 9.97 Å². The number of hydrogen-bond acceptors (Lipinski definition) is 3. The lowest BCUT2D eigenvalue weighted by Gasteiger charge is -1.99. The fourth-order valence-corrected chi connectivity index (χ4v) is 2.44. The van der Waals surface area contributed by atoms with Crippen LogP contribution >= 0.6 is 34.5 Å². The Balaban J connectivity index is 2.57. The molecule has 0 unspecified atom stereocenters. The molecule has 0 fully saturated rings. The molecule has 2 rings (SSSR count). The molecule has 2 heterocycles. The monoisotopic (exact) mass is 244 g/mol. The summed E-state index contributed by atoms with van der Waals surface area (Å²) in [6.45, 7) is 2.02. The second-order valence-electron chi connectivity index (χ2n) is 2.78. The largest absolute Gasteiger partial charge is 0.224 e. The number of aryl methyl sites for hydroxylation is 1. The summed E-state index contributed by atoms with van der Waals surface area (Å²) in [6, 6.07) is 3.75. The summed E-state index contributed by atoms with van der Waals surface area (Å²) in [4.78, 5) is 9.00. The van der Waals surface area contributed by atoms with E-state index < -0.39 is 0 Å². The normalized spacial score (nSPS) is 10.5. The molecule has 72 valence electrons. The van der Waals surface area contributed by atoms with Gasteiger partial charge in [0.05, 0.1) is 10.6 Å². The molecule has 14 heavy (non-hydrogen) atoms. The van der Waals surface area contributed by atoms with Gasteiger partial charge in [-0.15, -0.1) is 11.3 Å². The van der Waals surface area contributed by atoms with Crippen LogP contribution in [0, 0.1) is 6.92 Å². The van der Waals surface area contributed by atoms with E-state index >= 15 is 0 Å². The van der Waals surface area contributed by atoms with Gasteiger partial charge < -0.3 is 0 Å². The topological polar surface area (TPSA) is 25.8 Å². The third kappa shape index (κ3) is 1.90. The Morgan fingerprint density at radius 2 is 2.07 bits per heavy atom. The Morgan fingerprint density at radius 1 is 1.29 bits per heavy atom. The van der Waals surface area contributed by atoms with E-state index in [-0.39, 0.29) is 5.28 Å². The lowest BCUT2D eigenvalue weighted by molar-refractivity contribution is 1.17. The predicted octanol–water partition coefficient (Wildman–Crippen LogP) is 3.82. The van der Waals surface area contributed by atoms with Gasteiger partial charge in [-0.05, 0) is 35.5 Å². The van der Waals surface area contributed by atoms with Gasteiger partial charge in [0.2, 0.25) is 5.28 Å². The second-order valence-corrected chi connectivity index (χ2v) is 4.42. The number of nitrogens with zero attached hydrogens (tertiary/aromatic N) is 2. The van der Waals surface area contributed by atoms with Crippen molar-refractivity contribution in [3.8, 4) is 10.6 Å². The first-order valence-electron chi connectivity index (χ1n) is 3.91. The van der Waals surface area contributed by atoms with Crippen LogP contribution in [0.2, 0.25) is 10.4 Å². The molecule has 0 spiro atoms. The van der Waals surface area contributed by atoms with E-state index in [2.05, 4.69) is 9.97 Å². The van der Waals surface area contributed by atoms with Crippen molar-refractivity contribution in [2.45, 2.75) is 6.92 Å². The first-order chi connectivity index (χ1) is 6.66. The standard InChI is InChI=1S/C9H6Cl2N2S/c1-5-2-3-14-8(5)6-4-7(10)13-9(11)12-6/h2-4H,1H3. The van der Waals surface area contributed by atoms with Crippen molar-refractivity contribution < 1.29 is 0 Å². The van der Waals surface area contributed by atoms with E-state index in [0.29, 0.717) is 5.15 Å². The molecule has 2 aromatic heterocycles. The maximum atomic E-state index is 5.79. The van der Waals surface area contributed by atoms with Gasteiger partial charge in [0.15, 0.2) is 0 Å². The highest BCUT2D eigenvalue weighted by atomic mass is 35.5. The van der Waals surface area contributed by atoms with Crippen molar-refractivity contribution in [2.24, 2.45) is 0 Å². The Hall–Kier alpha value is -0.640. The summed E-state index contributed by atoms with van der Waals surface area (Å²) < 4.78 is 0. The van der Waals surface area contributed by atoms with Gasteiger partial charge >= 0.3 is 0 Å². The lowest BCUT2D eigenvalue weighted by atomic mass is 10.2. The summed E-state index contributed by atoms with van der Waals surface area (Å²) in [6.07, 6.45) is 0. The molecule has 0 aromatic carbocycles. The highest BCUT2D eigenvalue weighted by Gasteiger charge is 2.07. The van der Waals surface area contributed by atoms with Crippen LogP contribution in [0.15, 0.2) is 17.5 Å². The summed E-state index contributed by atoms with van der Waals surface area (Å²) in [7, 11) is 0. The van der Waals surface area contributed by atoms with Crippen molar-refractivity contribution in [1.29, 1.82) is 0 Å². The van der Waals surface area contributed by atoms with E-state index in [9.17, 15) is 0 Å². The molecule has 0 saturated carbocycles. The second kappa shape index (κ2) is 3.85. The first-order valence-corrected chi connectivity index (χ1v) is 5.55. The number of aromatic nitrogens is 2. The zero-order chi connectivity index (χ0) is 10.1. The van der Waals surface area contributed by atoms with Crippen molar-refractivity contribution in [2.75, 3.05) is 0 Å². The van der Waals surface area contributed by atoms with E-state index in [1.165, 1.54) is 5.56 Å². The maximum Gasteiger partial charge on any atom is 0.224 e. The summed E-state index contributed by atoms with van der Waals surface area (Å²) in [5.74, 6) is 0. The molecule has 2 nitrogen and oxygen atoms in total. The van der Waals surface area contributed by atoms with Crippen LogP contribution in [-0.2, 0) is 0 Å².